The van der Waals surface area contributed by atoms with Crippen LogP contribution in [0.5, 0.6) is 0 Å². The smallest absolute Gasteiger partial charge is 0.139 e. The Morgan fingerprint density at radius 3 is 2.65 bits per heavy atom. The summed E-state index contributed by atoms with van der Waals surface area (Å²) in [5.41, 5.74) is 0.925. The van der Waals surface area contributed by atoms with Crippen LogP contribution in [0.25, 0.3) is 0 Å². The van der Waals surface area contributed by atoms with E-state index in [1.54, 1.807) is 0 Å². The Morgan fingerprint density at radius 2 is 1.91 bits per heavy atom. The summed E-state index contributed by atoms with van der Waals surface area (Å²) in [7, 11) is 0. The number of hydrogen-bond donors (Lipinski definition) is 0. The van der Waals surface area contributed by atoms with Crippen molar-refractivity contribution in [3.63, 3.8) is 0 Å². The van der Waals surface area contributed by atoms with Crippen molar-refractivity contribution in [2.45, 2.75) is 83.7 Å². The lowest BCUT2D eigenvalue weighted by atomic mass is 9.43. The Bertz CT molecular complexity index is 536. The molecule has 4 saturated carbocycles. The van der Waals surface area contributed by atoms with Crippen molar-refractivity contribution in [2.24, 2.45) is 34.5 Å². The molecule has 0 bridgehead atoms. The zero-order valence-electron chi connectivity index (χ0n) is 14.9. The molecule has 0 amide bonds. The Kier molecular flexibility index (Phi) is 3.00. The minimum absolute atomic E-state index is 0.0401. The molecule has 0 aromatic carbocycles. The van der Waals surface area contributed by atoms with E-state index in [1.807, 2.05) is 0 Å². The van der Waals surface area contributed by atoms with Crippen molar-refractivity contribution in [2.75, 3.05) is 6.61 Å². The van der Waals surface area contributed by atoms with Crippen LogP contribution in [0.1, 0.15) is 78.1 Å². The lowest BCUT2D eigenvalue weighted by Gasteiger charge is -2.61. The zero-order chi connectivity index (χ0) is 15.9. The summed E-state index contributed by atoms with van der Waals surface area (Å²) in [6, 6.07) is 0. The molecule has 0 N–H and O–H groups in total. The summed E-state index contributed by atoms with van der Waals surface area (Å²) in [5, 5.41) is 0. The van der Waals surface area contributed by atoms with Crippen molar-refractivity contribution in [1.82, 2.24) is 0 Å². The third-order valence-electron chi connectivity index (χ3n) is 9.42. The van der Waals surface area contributed by atoms with E-state index in [4.69, 9.17) is 4.74 Å². The van der Waals surface area contributed by atoms with Crippen LogP contribution in [-0.4, -0.2) is 18.0 Å². The van der Waals surface area contributed by atoms with Gasteiger partial charge in [0, 0.05) is 11.8 Å². The summed E-state index contributed by atoms with van der Waals surface area (Å²) in [5.74, 6) is 3.91. The zero-order valence-corrected chi connectivity index (χ0v) is 14.9. The summed E-state index contributed by atoms with van der Waals surface area (Å²) in [6.07, 6.45) is 12.7. The van der Waals surface area contributed by atoms with Crippen LogP contribution >= 0.6 is 0 Å². The van der Waals surface area contributed by atoms with E-state index in [0.29, 0.717) is 22.7 Å². The number of carbonyl (C=O) groups is 1. The molecule has 7 atom stereocenters. The monoisotopic (exact) mass is 316 g/mol. The topological polar surface area (TPSA) is 29.6 Å². The maximum atomic E-state index is 12.5. The molecular weight excluding hydrogens is 284 g/mol. The molecule has 0 aromatic rings. The molecule has 2 nitrogen and oxygen atoms in total. The largest absolute Gasteiger partial charge is 0.370 e. The molecule has 128 valence electrons. The Labute approximate surface area is 140 Å². The summed E-state index contributed by atoms with van der Waals surface area (Å²) in [4.78, 5) is 12.5. The molecular formula is C21H32O2. The van der Waals surface area contributed by atoms with E-state index in [-0.39, 0.29) is 5.41 Å². The SMILES string of the molecule is CC[C@]12CCC3(CO3)CC1CC[C@@H]1C2CC[C@]2(C)C(=O)CCC12. The van der Waals surface area contributed by atoms with Crippen LogP contribution in [0.3, 0.4) is 0 Å². The van der Waals surface area contributed by atoms with Crippen molar-refractivity contribution in [3.8, 4) is 0 Å². The normalized spacial score (nSPS) is 57.7. The summed E-state index contributed by atoms with van der Waals surface area (Å²) in [6.45, 7) is 5.79. The van der Waals surface area contributed by atoms with Crippen molar-refractivity contribution in [1.29, 1.82) is 0 Å². The number of carbonyl (C=O) groups excluding carboxylic acids is 1. The highest BCUT2D eigenvalue weighted by Gasteiger charge is 2.64. The van der Waals surface area contributed by atoms with Gasteiger partial charge < -0.3 is 4.74 Å². The number of ether oxygens (including phenoxy) is 1. The quantitative estimate of drug-likeness (QED) is 0.653. The molecule has 1 aliphatic heterocycles. The van der Waals surface area contributed by atoms with E-state index in [1.165, 1.54) is 57.8 Å². The van der Waals surface area contributed by atoms with E-state index in [9.17, 15) is 4.79 Å². The highest BCUT2D eigenvalue weighted by molar-refractivity contribution is 5.87. The predicted molar refractivity (Wildman–Crippen MR) is 90.0 cm³/mol. The van der Waals surface area contributed by atoms with Gasteiger partial charge in [0.15, 0.2) is 0 Å². The van der Waals surface area contributed by atoms with Crippen LogP contribution in [0.15, 0.2) is 0 Å². The molecule has 2 heteroatoms. The number of epoxide rings is 1. The molecule has 4 aliphatic carbocycles. The van der Waals surface area contributed by atoms with Gasteiger partial charge in [-0.15, -0.1) is 0 Å². The van der Waals surface area contributed by atoms with E-state index < -0.39 is 0 Å². The number of Topliss-reactive ketones (excluding diaryl/α,β-unsaturated/α-hetero) is 1. The van der Waals surface area contributed by atoms with Gasteiger partial charge in [0.25, 0.3) is 0 Å². The van der Waals surface area contributed by atoms with Crippen LogP contribution in [0.2, 0.25) is 0 Å². The molecule has 0 radical (unpaired) electrons. The summed E-state index contributed by atoms with van der Waals surface area (Å²) < 4.78 is 5.87. The fourth-order valence-electron chi connectivity index (χ4n) is 7.96. The molecule has 5 fully saturated rings. The van der Waals surface area contributed by atoms with Crippen molar-refractivity contribution < 1.29 is 9.53 Å². The molecule has 1 saturated heterocycles. The molecule has 23 heavy (non-hydrogen) atoms. The van der Waals surface area contributed by atoms with Gasteiger partial charge in [-0.3, -0.25) is 4.79 Å². The Balaban J connectivity index is 1.47. The third-order valence-corrected chi connectivity index (χ3v) is 9.42. The van der Waals surface area contributed by atoms with Gasteiger partial charge in [0.2, 0.25) is 0 Å². The van der Waals surface area contributed by atoms with Crippen LogP contribution < -0.4 is 0 Å². The van der Waals surface area contributed by atoms with E-state index >= 15 is 0 Å². The number of ketones is 1. The van der Waals surface area contributed by atoms with Crippen LogP contribution in [0, 0.1) is 34.5 Å². The van der Waals surface area contributed by atoms with Gasteiger partial charge in [-0.1, -0.05) is 13.8 Å². The first-order chi connectivity index (χ1) is 11.0. The molecule has 5 rings (SSSR count). The van der Waals surface area contributed by atoms with Crippen molar-refractivity contribution >= 4 is 5.78 Å². The molecule has 1 heterocycles. The lowest BCUT2D eigenvalue weighted by Crippen LogP contribution is -2.55. The van der Waals surface area contributed by atoms with Gasteiger partial charge in [-0.05, 0) is 86.9 Å². The number of hydrogen-bond acceptors (Lipinski definition) is 2. The average Bonchev–Trinajstić information content (AvgIpc) is 3.24. The second-order valence-corrected chi connectivity index (χ2v) is 9.83. The first-order valence-corrected chi connectivity index (χ1v) is 10.2. The highest BCUT2D eigenvalue weighted by Crippen LogP contribution is 2.68. The maximum Gasteiger partial charge on any atom is 0.139 e. The molecule has 1 spiro atoms. The van der Waals surface area contributed by atoms with Gasteiger partial charge in [0.1, 0.15) is 5.78 Å². The molecule has 4 unspecified atom stereocenters. The van der Waals surface area contributed by atoms with Gasteiger partial charge in [-0.2, -0.15) is 0 Å². The molecule has 5 aliphatic rings. The maximum absolute atomic E-state index is 12.5. The van der Waals surface area contributed by atoms with Gasteiger partial charge in [-0.25, -0.2) is 0 Å². The third kappa shape index (κ3) is 1.82. The fourth-order valence-corrected chi connectivity index (χ4v) is 7.96. The second kappa shape index (κ2) is 4.62. The summed E-state index contributed by atoms with van der Waals surface area (Å²) >= 11 is 0. The highest BCUT2D eigenvalue weighted by atomic mass is 16.6. The average molecular weight is 316 g/mol. The van der Waals surface area contributed by atoms with Crippen molar-refractivity contribution in [3.05, 3.63) is 0 Å². The lowest BCUT2D eigenvalue weighted by molar-refractivity contribution is -0.144. The number of fused-ring (bicyclic) bond motifs is 5. The van der Waals surface area contributed by atoms with E-state index in [2.05, 4.69) is 13.8 Å². The second-order valence-electron chi connectivity index (χ2n) is 9.83. The minimum Gasteiger partial charge on any atom is -0.370 e. The molecule has 0 aromatic heterocycles. The van der Waals surface area contributed by atoms with Crippen LogP contribution in [0.4, 0.5) is 0 Å². The van der Waals surface area contributed by atoms with Gasteiger partial charge >= 0.3 is 0 Å². The number of rotatable bonds is 1. The van der Waals surface area contributed by atoms with Crippen LogP contribution in [-0.2, 0) is 9.53 Å². The van der Waals surface area contributed by atoms with E-state index in [0.717, 1.165) is 30.8 Å². The Morgan fingerprint density at radius 1 is 1.09 bits per heavy atom. The Hall–Kier alpha value is -0.370. The predicted octanol–water partition coefficient (Wildman–Crippen LogP) is 4.76. The standard InChI is InChI=1S/C21H32O2/c1-3-21-11-10-20(13-23-20)12-14(21)4-5-15-16-6-7-18(22)19(16,2)9-8-17(15)21/h14-17H,3-13H2,1-2H3/t14?,15-,16?,17?,19-,20?,21-/m0/s1. The minimum atomic E-state index is 0.0401. The first-order valence-electron chi connectivity index (χ1n) is 10.2. The first kappa shape index (κ1) is 14.9. The van der Waals surface area contributed by atoms with Gasteiger partial charge in [0.05, 0.1) is 12.2 Å². The fraction of sp³-hybridized carbons (Fsp3) is 0.952.